The number of pyridine rings is 1. The van der Waals surface area contributed by atoms with Crippen LogP contribution in [0.2, 0.25) is 0 Å². The van der Waals surface area contributed by atoms with Crippen molar-refractivity contribution in [3.63, 3.8) is 0 Å². The van der Waals surface area contributed by atoms with Crippen molar-refractivity contribution in [2.45, 2.75) is 13.0 Å². The van der Waals surface area contributed by atoms with Crippen molar-refractivity contribution in [1.29, 1.82) is 0 Å². The molecule has 0 spiro atoms. The standard InChI is InChI=1S/C14H21N5O2/c15-9-12-8-11(2-3-17-12)14(21)19-5-1-4-18(6-7-19)10-13(16)20/h2-3,8H,1,4-7,9-10,15H2,(H2,16,20). The molecule has 0 unspecified atom stereocenters. The third-order valence-corrected chi connectivity index (χ3v) is 3.53. The SMILES string of the molecule is NCc1cc(C(=O)N2CCCN(CC(N)=O)CC2)ccn1. The number of hydrogen-bond acceptors (Lipinski definition) is 5. The van der Waals surface area contributed by atoms with Gasteiger partial charge in [0.1, 0.15) is 0 Å². The van der Waals surface area contributed by atoms with Crippen molar-refractivity contribution in [3.8, 4) is 0 Å². The maximum atomic E-state index is 12.5. The molecule has 1 saturated heterocycles. The summed E-state index contributed by atoms with van der Waals surface area (Å²) in [4.78, 5) is 31.3. The minimum absolute atomic E-state index is 0.0203. The predicted molar refractivity (Wildman–Crippen MR) is 78.3 cm³/mol. The van der Waals surface area contributed by atoms with Crippen LogP contribution in [0.1, 0.15) is 22.5 Å². The van der Waals surface area contributed by atoms with Crippen LogP contribution in [-0.2, 0) is 11.3 Å². The number of hydrogen-bond donors (Lipinski definition) is 2. The van der Waals surface area contributed by atoms with E-state index in [2.05, 4.69) is 4.98 Å². The van der Waals surface area contributed by atoms with Crippen molar-refractivity contribution >= 4 is 11.8 Å². The lowest BCUT2D eigenvalue weighted by atomic mass is 10.2. The van der Waals surface area contributed by atoms with Gasteiger partial charge in [-0.3, -0.25) is 19.5 Å². The Hall–Kier alpha value is -1.99. The van der Waals surface area contributed by atoms with E-state index in [-0.39, 0.29) is 18.4 Å². The molecule has 1 aromatic heterocycles. The smallest absolute Gasteiger partial charge is 0.254 e. The van der Waals surface area contributed by atoms with Gasteiger partial charge in [-0.1, -0.05) is 0 Å². The van der Waals surface area contributed by atoms with E-state index in [9.17, 15) is 9.59 Å². The van der Waals surface area contributed by atoms with Gasteiger partial charge in [0, 0.05) is 44.5 Å². The minimum atomic E-state index is -0.337. The van der Waals surface area contributed by atoms with Gasteiger partial charge in [0.25, 0.3) is 5.91 Å². The highest BCUT2D eigenvalue weighted by Crippen LogP contribution is 2.10. The first-order valence-corrected chi connectivity index (χ1v) is 7.05. The molecular weight excluding hydrogens is 270 g/mol. The lowest BCUT2D eigenvalue weighted by molar-refractivity contribution is -0.119. The molecule has 7 heteroatoms. The summed E-state index contributed by atoms with van der Waals surface area (Å²) < 4.78 is 0. The van der Waals surface area contributed by atoms with Crippen LogP contribution in [0.4, 0.5) is 0 Å². The highest BCUT2D eigenvalue weighted by atomic mass is 16.2. The van der Waals surface area contributed by atoms with E-state index in [1.807, 2.05) is 4.90 Å². The van der Waals surface area contributed by atoms with E-state index in [0.29, 0.717) is 37.4 Å². The summed E-state index contributed by atoms with van der Waals surface area (Å²) >= 11 is 0. The first-order valence-electron chi connectivity index (χ1n) is 7.05. The quantitative estimate of drug-likeness (QED) is 0.753. The summed E-state index contributed by atoms with van der Waals surface area (Å²) in [5.74, 6) is -0.357. The lowest BCUT2D eigenvalue weighted by Crippen LogP contribution is -2.38. The molecule has 1 aliphatic heterocycles. The van der Waals surface area contributed by atoms with Crippen LogP contribution in [0.3, 0.4) is 0 Å². The summed E-state index contributed by atoms with van der Waals surface area (Å²) in [7, 11) is 0. The number of aromatic nitrogens is 1. The number of nitrogens with zero attached hydrogens (tertiary/aromatic N) is 3. The number of nitrogens with two attached hydrogens (primary N) is 2. The molecule has 0 bridgehead atoms. The average Bonchev–Trinajstić information content (AvgIpc) is 2.71. The van der Waals surface area contributed by atoms with Gasteiger partial charge in [-0.05, 0) is 18.6 Å². The summed E-state index contributed by atoms with van der Waals surface area (Å²) in [5.41, 5.74) is 12.1. The molecule has 0 aliphatic carbocycles. The third kappa shape index (κ3) is 4.24. The minimum Gasteiger partial charge on any atom is -0.369 e. The zero-order valence-corrected chi connectivity index (χ0v) is 12.0. The maximum absolute atomic E-state index is 12.5. The van der Waals surface area contributed by atoms with Crippen molar-refractivity contribution in [3.05, 3.63) is 29.6 Å². The molecule has 114 valence electrons. The molecule has 2 heterocycles. The molecule has 0 saturated carbocycles. The topological polar surface area (TPSA) is 106 Å². The molecule has 1 aliphatic rings. The molecule has 2 rings (SSSR count). The van der Waals surface area contributed by atoms with Crippen LogP contribution in [0.15, 0.2) is 18.3 Å². The van der Waals surface area contributed by atoms with Crippen LogP contribution >= 0.6 is 0 Å². The molecule has 2 amide bonds. The number of carbonyl (C=O) groups excluding carboxylic acids is 2. The molecule has 0 radical (unpaired) electrons. The predicted octanol–water partition coefficient (Wildman–Crippen LogP) is -0.826. The molecule has 1 fully saturated rings. The van der Waals surface area contributed by atoms with Crippen LogP contribution in [0.25, 0.3) is 0 Å². The van der Waals surface area contributed by atoms with Crippen LogP contribution in [0.5, 0.6) is 0 Å². The fourth-order valence-corrected chi connectivity index (χ4v) is 2.46. The monoisotopic (exact) mass is 291 g/mol. The zero-order valence-electron chi connectivity index (χ0n) is 12.0. The Bertz CT molecular complexity index is 520. The van der Waals surface area contributed by atoms with Gasteiger partial charge in [-0.25, -0.2) is 0 Å². The Balaban J connectivity index is 2.01. The molecular formula is C14H21N5O2. The van der Waals surface area contributed by atoms with Gasteiger partial charge in [-0.2, -0.15) is 0 Å². The Morgan fingerprint density at radius 3 is 2.76 bits per heavy atom. The van der Waals surface area contributed by atoms with Gasteiger partial charge in [-0.15, -0.1) is 0 Å². The number of rotatable bonds is 4. The maximum Gasteiger partial charge on any atom is 0.254 e. The second-order valence-electron chi connectivity index (χ2n) is 5.13. The van der Waals surface area contributed by atoms with Gasteiger partial charge in [0.2, 0.25) is 5.91 Å². The molecule has 7 nitrogen and oxygen atoms in total. The summed E-state index contributed by atoms with van der Waals surface area (Å²) in [5, 5.41) is 0. The van der Waals surface area contributed by atoms with Gasteiger partial charge in [0.05, 0.1) is 12.2 Å². The van der Waals surface area contributed by atoms with Gasteiger partial charge >= 0.3 is 0 Å². The Morgan fingerprint density at radius 2 is 2.05 bits per heavy atom. The van der Waals surface area contributed by atoms with Crippen molar-refractivity contribution < 1.29 is 9.59 Å². The van der Waals surface area contributed by atoms with Gasteiger partial charge < -0.3 is 16.4 Å². The summed E-state index contributed by atoms with van der Waals surface area (Å²) in [6.45, 7) is 3.25. The Labute approximate surface area is 123 Å². The largest absolute Gasteiger partial charge is 0.369 e. The van der Waals surface area contributed by atoms with E-state index >= 15 is 0 Å². The highest BCUT2D eigenvalue weighted by molar-refractivity contribution is 5.94. The van der Waals surface area contributed by atoms with Crippen molar-refractivity contribution in [1.82, 2.24) is 14.8 Å². The highest BCUT2D eigenvalue weighted by Gasteiger charge is 2.21. The second kappa shape index (κ2) is 7.14. The van der Waals surface area contributed by atoms with Crippen molar-refractivity contribution in [2.24, 2.45) is 11.5 Å². The molecule has 21 heavy (non-hydrogen) atoms. The van der Waals surface area contributed by atoms with Crippen LogP contribution < -0.4 is 11.5 Å². The van der Waals surface area contributed by atoms with E-state index in [0.717, 1.165) is 13.0 Å². The fraction of sp³-hybridized carbons (Fsp3) is 0.500. The number of amides is 2. The average molecular weight is 291 g/mol. The number of carbonyl (C=O) groups is 2. The van der Waals surface area contributed by atoms with E-state index < -0.39 is 0 Å². The molecule has 4 N–H and O–H groups in total. The first kappa shape index (κ1) is 15.4. The van der Waals surface area contributed by atoms with E-state index in [1.54, 1.807) is 23.2 Å². The second-order valence-corrected chi connectivity index (χ2v) is 5.13. The lowest BCUT2D eigenvalue weighted by Gasteiger charge is -2.21. The zero-order chi connectivity index (χ0) is 15.2. The van der Waals surface area contributed by atoms with Crippen LogP contribution in [-0.4, -0.2) is 59.3 Å². The van der Waals surface area contributed by atoms with Crippen molar-refractivity contribution in [2.75, 3.05) is 32.7 Å². The first-order chi connectivity index (χ1) is 10.1. The molecule has 0 atom stereocenters. The van der Waals surface area contributed by atoms with Gasteiger partial charge in [0.15, 0.2) is 0 Å². The fourth-order valence-electron chi connectivity index (χ4n) is 2.46. The third-order valence-electron chi connectivity index (χ3n) is 3.53. The summed E-state index contributed by atoms with van der Waals surface area (Å²) in [6.07, 6.45) is 2.43. The van der Waals surface area contributed by atoms with Crippen LogP contribution in [0, 0.1) is 0 Å². The van der Waals surface area contributed by atoms with E-state index in [1.165, 1.54) is 0 Å². The normalized spacial score (nSPS) is 16.5. The Kier molecular flexibility index (Phi) is 5.24. The van der Waals surface area contributed by atoms with E-state index in [4.69, 9.17) is 11.5 Å². The molecule has 0 aromatic carbocycles. The Morgan fingerprint density at radius 1 is 1.24 bits per heavy atom. The number of primary amides is 1. The molecule has 1 aromatic rings. The summed E-state index contributed by atoms with van der Waals surface area (Å²) in [6, 6.07) is 3.43.